The average molecular weight is 708 g/mol. The average Bonchev–Trinajstić information content (AvgIpc) is 3.28. The molecular formula is C37H53N7O7. The molecular weight excluding hydrogens is 654 g/mol. The molecule has 3 N–H and O–H groups in total. The molecule has 14 nitrogen and oxygen atoms in total. The number of likely N-dealkylation sites (tertiary alicyclic amines) is 1. The summed E-state index contributed by atoms with van der Waals surface area (Å²) in [7, 11) is 3.28. The highest BCUT2D eigenvalue weighted by Gasteiger charge is 2.36. The van der Waals surface area contributed by atoms with Crippen LogP contribution in [0.15, 0.2) is 36.4 Å². The molecule has 0 aliphatic carbocycles. The Morgan fingerprint density at radius 3 is 2.33 bits per heavy atom. The Morgan fingerprint density at radius 2 is 1.67 bits per heavy atom. The van der Waals surface area contributed by atoms with Crippen LogP contribution in [0.3, 0.4) is 0 Å². The van der Waals surface area contributed by atoms with Gasteiger partial charge in [0, 0.05) is 76.5 Å². The molecule has 2 atom stereocenters. The van der Waals surface area contributed by atoms with E-state index >= 15 is 0 Å². The highest BCUT2D eigenvalue weighted by atomic mass is 16.6. The number of nitrogens with one attached hydrogen (secondary N) is 2. The molecule has 2 aromatic carbocycles. The van der Waals surface area contributed by atoms with Gasteiger partial charge >= 0.3 is 12.1 Å². The zero-order valence-electron chi connectivity index (χ0n) is 30.5. The van der Waals surface area contributed by atoms with E-state index in [4.69, 9.17) is 9.57 Å². The lowest BCUT2D eigenvalue weighted by atomic mass is 10.0. The Morgan fingerprint density at radius 1 is 1.00 bits per heavy atom. The lowest BCUT2D eigenvalue weighted by molar-refractivity contribution is -0.143. The maximum atomic E-state index is 14.1. The minimum Gasteiger partial charge on any atom is -0.507 e. The monoisotopic (exact) mass is 707 g/mol. The van der Waals surface area contributed by atoms with Crippen LogP contribution in [0.4, 0.5) is 15.3 Å². The number of urea groups is 1. The van der Waals surface area contributed by atoms with Gasteiger partial charge in [0.1, 0.15) is 5.75 Å². The second kappa shape index (κ2) is 17.2. The molecule has 2 fully saturated rings. The SMILES string of the molecule is CONC(=O)CN(C)CC(C)N1CCN(C(=O)[C@@H](Cc2cc(C)c(O)c(C)c2)OC(=O)N2CCC(N3CCc4ccccc4NC3=O)CC2)CC1. The van der Waals surface area contributed by atoms with Gasteiger partial charge < -0.3 is 29.9 Å². The number of hydroxylamine groups is 1. The smallest absolute Gasteiger partial charge is 0.410 e. The van der Waals surface area contributed by atoms with Gasteiger partial charge in [-0.15, -0.1) is 0 Å². The predicted molar refractivity (Wildman–Crippen MR) is 192 cm³/mol. The van der Waals surface area contributed by atoms with E-state index in [-0.39, 0.29) is 48.6 Å². The van der Waals surface area contributed by atoms with Gasteiger partial charge in [-0.25, -0.2) is 15.1 Å². The van der Waals surface area contributed by atoms with Crippen molar-refractivity contribution in [1.82, 2.24) is 30.0 Å². The van der Waals surface area contributed by atoms with Crippen molar-refractivity contribution < 1.29 is 33.9 Å². The number of fused-ring (bicyclic) bond motifs is 1. The molecule has 5 rings (SSSR count). The number of aromatic hydroxyl groups is 1. The van der Waals surface area contributed by atoms with E-state index in [9.17, 15) is 24.3 Å². The second-order valence-corrected chi connectivity index (χ2v) is 14.0. The molecule has 0 spiro atoms. The normalized spacial score (nSPS) is 18.5. The van der Waals surface area contributed by atoms with Crippen molar-refractivity contribution in [2.45, 2.75) is 64.6 Å². The molecule has 3 aliphatic heterocycles. The van der Waals surface area contributed by atoms with Gasteiger partial charge in [0.25, 0.3) is 11.8 Å². The first-order valence-corrected chi connectivity index (χ1v) is 17.9. The Labute approximate surface area is 300 Å². The molecule has 3 aliphatic rings. The van der Waals surface area contributed by atoms with Gasteiger partial charge in [0.05, 0.1) is 13.7 Å². The Kier molecular flexibility index (Phi) is 12.8. The van der Waals surface area contributed by atoms with E-state index in [0.29, 0.717) is 76.3 Å². The summed E-state index contributed by atoms with van der Waals surface area (Å²) < 4.78 is 6.04. The fourth-order valence-corrected chi connectivity index (χ4v) is 7.46. The number of nitrogens with zero attached hydrogens (tertiary/aromatic N) is 5. The number of para-hydroxylation sites is 1. The van der Waals surface area contributed by atoms with Crippen molar-refractivity contribution in [1.29, 1.82) is 0 Å². The van der Waals surface area contributed by atoms with E-state index in [1.807, 2.05) is 67.1 Å². The number of carbonyl (C=O) groups excluding carboxylic acids is 4. The number of piperazine rings is 1. The number of hydrogen-bond donors (Lipinski definition) is 3. The van der Waals surface area contributed by atoms with Gasteiger partial charge in [0.2, 0.25) is 0 Å². The van der Waals surface area contributed by atoms with Crippen LogP contribution in [0.5, 0.6) is 5.75 Å². The molecule has 2 saturated heterocycles. The van der Waals surface area contributed by atoms with Crippen molar-refractivity contribution in [2.75, 3.05) is 78.4 Å². The highest BCUT2D eigenvalue weighted by molar-refractivity contribution is 5.91. The van der Waals surface area contributed by atoms with Crippen molar-refractivity contribution in [2.24, 2.45) is 0 Å². The zero-order chi connectivity index (χ0) is 36.7. The number of ether oxygens (including phenoxy) is 1. The minimum absolute atomic E-state index is 0.00951. The molecule has 3 heterocycles. The van der Waals surface area contributed by atoms with Crippen molar-refractivity contribution in [3.63, 3.8) is 0 Å². The first kappa shape index (κ1) is 37.8. The van der Waals surface area contributed by atoms with Gasteiger partial charge in [-0.3, -0.25) is 24.2 Å². The van der Waals surface area contributed by atoms with E-state index < -0.39 is 12.2 Å². The minimum atomic E-state index is -1.04. The van der Waals surface area contributed by atoms with Crippen molar-refractivity contribution in [3.05, 3.63) is 58.7 Å². The molecule has 1 unspecified atom stereocenters. The largest absolute Gasteiger partial charge is 0.507 e. The number of amides is 5. The number of benzene rings is 2. The van der Waals surface area contributed by atoms with Crippen LogP contribution >= 0.6 is 0 Å². The summed E-state index contributed by atoms with van der Waals surface area (Å²) >= 11 is 0. The quantitative estimate of drug-likeness (QED) is 0.300. The van der Waals surface area contributed by atoms with Crippen LogP contribution < -0.4 is 10.8 Å². The van der Waals surface area contributed by atoms with Gasteiger partial charge in [0.15, 0.2) is 6.10 Å². The van der Waals surface area contributed by atoms with Crippen LogP contribution in [0.25, 0.3) is 0 Å². The molecule has 14 heteroatoms. The standard InChI is InChI=1S/C37H53N7O7/c1-25-20-28(21-26(2)34(25)46)22-32(35(47)42-18-16-41(17-19-42)27(3)23-40(4)24-33(45)39-50-5)51-37(49)43-13-11-30(12-14-43)44-15-10-29-8-6-7-9-31(29)38-36(44)48/h6-9,20-21,27,30,32,46H,10-19,22-24H2,1-5H3,(H,38,48)(H,39,45)/t27?,32-/m1/s1. The molecule has 5 amide bonds. The molecule has 0 aromatic heterocycles. The maximum absolute atomic E-state index is 14.1. The Hall–Kier alpha value is -4.40. The summed E-state index contributed by atoms with van der Waals surface area (Å²) in [6.07, 6.45) is 0.583. The predicted octanol–water partition coefficient (Wildman–Crippen LogP) is 2.75. The van der Waals surface area contributed by atoms with E-state index in [1.165, 1.54) is 7.11 Å². The third kappa shape index (κ3) is 9.69. The highest BCUT2D eigenvalue weighted by Crippen LogP contribution is 2.27. The number of hydrogen-bond acceptors (Lipinski definition) is 9. The van der Waals surface area contributed by atoms with Crippen LogP contribution in [-0.2, 0) is 32.0 Å². The number of aryl methyl sites for hydroxylation is 2. The molecule has 2 aromatic rings. The topological polar surface area (TPSA) is 147 Å². The lowest BCUT2D eigenvalue weighted by Crippen LogP contribution is -2.56. The third-order valence-corrected chi connectivity index (χ3v) is 10.3. The summed E-state index contributed by atoms with van der Waals surface area (Å²) in [5.74, 6) is -0.260. The molecule has 0 bridgehead atoms. The van der Waals surface area contributed by atoms with Gasteiger partial charge in [-0.1, -0.05) is 30.3 Å². The fraction of sp³-hybridized carbons (Fsp3) is 0.568. The Bertz CT molecular complexity index is 1530. The number of carbonyl (C=O) groups is 4. The number of phenolic OH excluding ortho intramolecular Hbond substituents is 1. The molecule has 278 valence electrons. The first-order chi connectivity index (χ1) is 24.4. The summed E-state index contributed by atoms with van der Waals surface area (Å²) in [6, 6.07) is 11.5. The van der Waals surface area contributed by atoms with E-state index in [2.05, 4.69) is 22.6 Å². The summed E-state index contributed by atoms with van der Waals surface area (Å²) in [5, 5.41) is 13.4. The summed E-state index contributed by atoms with van der Waals surface area (Å²) in [4.78, 5) is 66.9. The van der Waals surface area contributed by atoms with Crippen molar-refractivity contribution >= 4 is 29.6 Å². The number of likely N-dealkylation sites (N-methyl/N-ethyl adjacent to an activating group) is 1. The molecule has 0 radical (unpaired) electrons. The van der Waals surface area contributed by atoms with Gasteiger partial charge in [-0.2, -0.15) is 0 Å². The number of phenols is 1. The van der Waals surface area contributed by atoms with Crippen molar-refractivity contribution in [3.8, 4) is 5.75 Å². The van der Waals surface area contributed by atoms with Gasteiger partial charge in [-0.05, 0) is 75.4 Å². The number of piperidine rings is 1. The third-order valence-electron chi connectivity index (χ3n) is 10.3. The Balaban J connectivity index is 1.19. The second-order valence-electron chi connectivity index (χ2n) is 14.0. The molecule has 0 saturated carbocycles. The van der Waals surface area contributed by atoms with Crippen LogP contribution in [0.1, 0.15) is 42.0 Å². The van der Waals surface area contributed by atoms with Crippen LogP contribution in [0.2, 0.25) is 0 Å². The summed E-state index contributed by atoms with van der Waals surface area (Å²) in [6.45, 7) is 10.3. The first-order valence-electron chi connectivity index (χ1n) is 17.9. The van der Waals surface area contributed by atoms with E-state index in [1.54, 1.807) is 9.80 Å². The number of anilines is 1. The van der Waals surface area contributed by atoms with Crippen LogP contribution in [-0.4, -0.2) is 145 Å². The fourth-order valence-electron chi connectivity index (χ4n) is 7.46. The maximum Gasteiger partial charge on any atom is 0.410 e. The van der Waals surface area contributed by atoms with Crippen LogP contribution in [0, 0.1) is 13.8 Å². The lowest BCUT2D eigenvalue weighted by Gasteiger charge is -2.40. The zero-order valence-corrected chi connectivity index (χ0v) is 30.5. The number of rotatable bonds is 11. The summed E-state index contributed by atoms with van der Waals surface area (Å²) in [5.41, 5.74) is 6.47. The molecule has 51 heavy (non-hydrogen) atoms. The van der Waals surface area contributed by atoms with E-state index in [0.717, 1.165) is 23.2 Å².